The van der Waals surface area contributed by atoms with Gasteiger partial charge in [-0.2, -0.15) is 0 Å². The van der Waals surface area contributed by atoms with Crippen LogP contribution >= 0.6 is 11.3 Å². The van der Waals surface area contributed by atoms with Crippen LogP contribution in [0.2, 0.25) is 0 Å². The fraction of sp³-hybridized carbons (Fsp3) is 0. The van der Waals surface area contributed by atoms with Crippen molar-refractivity contribution < 1.29 is 0 Å². The summed E-state index contributed by atoms with van der Waals surface area (Å²) in [6.45, 7) is 0. The Kier molecular flexibility index (Phi) is 8.28. The van der Waals surface area contributed by atoms with Gasteiger partial charge in [0.1, 0.15) is 0 Å². The smallest absolute Gasteiger partial charge is 0.164 e. The molecule has 5 nitrogen and oxygen atoms in total. The second-order valence-corrected chi connectivity index (χ2v) is 14.3. The lowest BCUT2D eigenvalue weighted by atomic mass is 9.97. The molecule has 0 saturated carbocycles. The van der Waals surface area contributed by atoms with Crippen molar-refractivity contribution in [1.29, 1.82) is 0 Å². The van der Waals surface area contributed by atoms with Crippen molar-refractivity contribution in [3.8, 4) is 79.1 Å². The fourth-order valence-electron chi connectivity index (χ4n) is 7.05. The van der Waals surface area contributed by atoms with E-state index in [2.05, 4.69) is 140 Å². The average Bonchev–Trinajstić information content (AvgIpc) is 3.66. The van der Waals surface area contributed by atoms with Gasteiger partial charge in [0.25, 0.3) is 0 Å². The maximum absolute atomic E-state index is 5.23. The Bertz CT molecular complexity index is 2960. The first-order valence-electron chi connectivity index (χ1n) is 18.2. The van der Waals surface area contributed by atoms with Gasteiger partial charge in [-0.15, -0.1) is 11.3 Å². The molecule has 0 saturated heterocycles. The van der Waals surface area contributed by atoms with Gasteiger partial charge < -0.3 is 0 Å². The maximum atomic E-state index is 5.23. The van der Waals surface area contributed by atoms with Crippen molar-refractivity contribution in [2.45, 2.75) is 0 Å². The first kappa shape index (κ1) is 32.5. The van der Waals surface area contributed by atoms with Gasteiger partial charge in [0, 0.05) is 37.9 Å². The van der Waals surface area contributed by atoms with Gasteiger partial charge >= 0.3 is 0 Å². The molecule has 55 heavy (non-hydrogen) atoms. The average molecular weight is 722 g/mol. The first-order chi connectivity index (χ1) is 27.2. The van der Waals surface area contributed by atoms with Gasteiger partial charge in [0.2, 0.25) is 0 Å². The topological polar surface area (TPSA) is 64.5 Å². The van der Waals surface area contributed by atoms with E-state index in [0.29, 0.717) is 23.3 Å². The molecule has 0 bridgehead atoms. The molecule has 3 heterocycles. The number of rotatable bonds is 7. The molecule has 10 rings (SSSR count). The molecular formula is C49H31N5S. The minimum atomic E-state index is 0.603. The highest BCUT2D eigenvalue weighted by atomic mass is 32.1. The van der Waals surface area contributed by atoms with Crippen LogP contribution in [-0.2, 0) is 0 Å². The van der Waals surface area contributed by atoms with Crippen LogP contribution in [0.4, 0.5) is 0 Å². The molecule has 0 radical (unpaired) electrons. The third-order valence-corrected chi connectivity index (χ3v) is 11.0. The van der Waals surface area contributed by atoms with Crippen LogP contribution in [-0.4, -0.2) is 24.9 Å². The van der Waals surface area contributed by atoms with Crippen LogP contribution in [0.3, 0.4) is 0 Å². The molecule has 258 valence electrons. The molecule has 0 N–H and O–H groups in total. The predicted octanol–water partition coefficient (Wildman–Crippen LogP) is 12.7. The molecule has 0 unspecified atom stereocenters. The number of fused-ring (bicyclic) bond motifs is 3. The summed E-state index contributed by atoms with van der Waals surface area (Å²) in [6, 6.07) is 64.5. The summed E-state index contributed by atoms with van der Waals surface area (Å²) in [4.78, 5) is 25.7. The molecular weight excluding hydrogens is 691 g/mol. The molecule has 0 aliphatic carbocycles. The Balaban J connectivity index is 1.10. The highest BCUT2D eigenvalue weighted by Gasteiger charge is 2.19. The van der Waals surface area contributed by atoms with Gasteiger partial charge in [0.05, 0.1) is 15.9 Å². The molecule has 0 spiro atoms. The zero-order valence-corrected chi connectivity index (χ0v) is 30.4. The van der Waals surface area contributed by atoms with Crippen molar-refractivity contribution in [2.75, 3.05) is 0 Å². The Morgan fingerprint density at radius 1 is 0.309 bits per heavy atom. The summed E-state index contributed by atoms with van der Waals surface area (Å²) in [5, 5.41) is 1.14. The summed E-state index contributed by atoms with van der Waals surface area (Å²) in [6.07, 6.45) is 0. The standard InChI is InChI=1S/C49H31N5S/c1-4-15-32(16-5-1)33-27-29-36(30-28-33)47-52-46(35-19-8-3-9-20-35)53-49(54-47)40-24-11-10-23-39(40)37-21-14-22-38(31-37)48-50-43(34-17-6-2-7-18-34)45-44(51-48)41-25-12-13-26-42(41)55-45/h1-31H. The van der Waals surface area contributed by atoms with Gasteiger partial charge in [-0.1, -0.05) is 176 Å². The van der Waals surface area contributed by atoms with Gasteiger partial charge in [-0.05, 0) is 34.4 Å². The molecule has 3 aromatic heterocycles. The van der Waals surface area contributed by atoms with Gasteiger partial charge in [-0.25, -0.2) is 24.9 Å². The van der Waals surface area contributed by atoms with Crippen LogP contribution in [0, 0.1) is 0 Å². The van der Waals surface area contributed by atoms with Crippen LogP contribution in [0.25, 0.3) is 99.4 Å². The van der Waals surface area contributed by atoms with Gasteiger partial charge in [-0.3, -0.25) is 0 Å². The minimum Gasteiger partial charge on any atom is -0.226 e. The number of hydrogen-bond acceptors (Lipinski definition) is 6. The van der Waals surface area contributed by atoms with Crippen LogP contribution < -0.4 is 0 Å². The van der Waals surface area contributed by atoms with E-state index in [1.54, 1.807) is 11.3 Å². The normalized spacial score (nSPS) is 11.3. The lowest BCUT2D eigenvalue weighted by molar-refractivity contribution is 1.07. The monoisotopic (exact) mass is 721 g/mol. The quantitative estimate of drug-likeness (QED) is 0.164. The summed E-state index contributed by atoms with van der Waals surface area (Å²) in [7, 11) is 0. The van der Waals surface area contributed by atoms with Crippen molar-refractivity contribution in [1.82, 2.24) is 24.9 Å². The Hall–Kier alpha value is -7.15. The lowest BCUT2D eigenvalue weighted by Gasteiger charge is -2.13. The molecule has 10 aromatic rings. The van der Waals surface area contributed by atoms with Crippen molar-refractivity contribution in [3.63, 3.8) is 0 Å². The van der Waals surface area contributed by atoms with E-state index >= 15 is 0 Å². The molecule has 7 aromatic carbocycles. The molecule has 0 aliphatic rings. The first-order valence-corrected chi connectivity index (χ1v) is 19.0. The van der Waals surface area contributed by atoms with Crippen molar-refractivity contribution >= 4 is 31.6 Å². The molecule has 6 heteroatoms. The van der Waals surface area contributed by atoms with E-state index < -0.39 is 0 Å². The highest BCUT2D eigenvalue weighted by Crippen LogP contribution is 2.40. The zero-order chi connectivity index (χ0) is 36.6. The molecule has 0 atom stereocenters. The summed E-state index contributed by atoms with van der Waals surface area (Å²) < 4.78 is 2.29. The second-order valence-electron chi connectivity index (χ2n) is 13.3. The molecule has 0 amide bonds. The summed E-state index contributed by atoms with van der Waals surface area (Å²) in [5.74, 6) is 2.52. The largest absolute Gasteiger partial charge is 0.226 e. The SMILES string of the molecule is c1ccc(-c2ccc(-c3nc(-c4ccccc4)nc(-c4ccccc4-c4cccc(-c5nc(-c6ccccc6)c6sc7ccccc7c6n5)c4)n3)cc2)cc1. The maximum Gasteiger partial charge on any atom is 0.164 e. The minimum absolute atomic E-state index is 0.603. The number of nitrogens with zero attached hydrogens (tertiary/aromatic N) is 5. The Morgan fingerprint density at radius 2 is 0.800 bits per heavy atom. The lowest BCUT2D eigenvalue weighted by Crippen LogP contribution is -2.01. The number of hydrogen-bond donors (Lipinski definition) is 0. The van der Waals surface area contributed by atoms with E-state index in [1.165, 1.54) is 4.70 Å². The van der Waals surface area contributed by atoms with Crippen molar-refractivity contribution in [2.24, 2.45) is 0 Å². The third-order valence-electron chi connectivity index (χ3n) is 9.78. The van der Waals surface area contributed by atoms with Crippen LogP contribution in [0.15, 0.2) is 188 Å². The molecule has 0 aliphatic heterocycles. The molecule has 0 fully saturated rings. The second kappa shape index (κ2) is 14.0. The Morgan fingerprint density at radius 3 is 1.53 bits per heavy atom. The van der Waals surface area contributed by atoms with E-state index in [-0.39, 0.29) is 0 Å². The number of benzene rings is 7. The predicted molar refractivity (Wildman–Crippen MR) is 226 cm³/mol. The number of thiophene rings is 1. The van der Waals surface area contributed by atoms with Gasteiger partial charge in [0.15, 0.2) is 23.3 Å². The van der Waals surface area contributed by atoms with Crippen LogP contribution in [0.5, 0.6) is 0 Å². The van der Waals surface area contributed by atoms with E-state index in [0.717, 1.165) is 71.4 Å². The van der Waals surface area contributed by atoms with E-state index in [4.69, 9.17) is 24.9 Å². The third kappa shape index (κ3) is 6.24. The fourth-order valence-corrected chi connectivity index (χ4v) is 8.21. The number of aromatic nitrogens is 5. The summed E-state index contributed by atoms with van der Waals surface area (Å²) in [5.41, 5.74) is 11.0. The van der Waals surface area contributed by atoms with E-state index in [9.17, 15) is 0 Å². The highest BCUT2D eigenvalue weighted by molar-refractivity contribution is 7.26. The van der Waals surface area contributed by atoms with Crippen LogP contribution in [0.1, 0.15) is 0 Å². The zero-order valence-electron chi connectivity index (χ0n) is 29.5. The van der Waals surface area contributed by atoms with E-state index in [1.807, 2.05) is 48.5 Å². The Labute approximate surface area is 322 Å². The summed E-state index contributed by atoms with van der Waals surface area (Å²) >= 11 is 1.74. The van der Waals surface area contributed by atoms with Crippen molar-refractivity contribution in [3.05, 3.63) is 188 Å².